The summed E-state index contributed by atoms with van der Waals surface area (Å²) in [5.74, 6) is 1.07. The fourth-order valence-corrected chi connectivity index (χ4v) is 5.17. The van der Waals surface area contributed by atoms with Crippen LogP contribution in [0, 0.1) is 5.92 Å². The molecule has 1 saturated carbocycles. The number of likely N-dealkylation sites (N-methyl/N-ethyl adjacent to an activating group) is 1. The van der Waals surface area contributed by atoms with Crippen LogP contribution in [-0.2, 0) is 11.2 Å². The number of H-pyrrole nitrogens is 1. The van der Waals surface area contributed by atoms with Gasteiger partial charge in [0.25, 0.3) is 0 Å². The SMILES string of the molecule is CO[C@H](CN(C)C1CC(CCc2nc3ccc(OC(F)(F)F)cc3[nH]2)C1)[C@@H](O)[C@@H](O)n1cnc2c(N)ncnc21. The van der Waals surface area contributed by atoms with Gasteiger partial charge < -0.3 is 35.3 Å². The zero-order valence-corrected chi connectivity index (χ0v) is 21.9. The minimum atomic E-state index is -4.75. The number of benzene rings is 1. The van der Waals surface area contributed by atoms with Gasteiger partial charge >= 0.3 is 6.36 Å². The zero-order chi connectivity index (χ0) is 28.6. The molecule has 216 valence electrons. The number of rotatable bonds is 11. The van der Waals surface area contributed by atoms with Crippen molar-refractivity contribution < 1.29 is 32.9 Å². The topological polar surface area (TPSA) is 160 Å². The van der Waals surface area contributed by atoms with E-state index < -0.39 is 24.8 Å². The van der Waals surface area contributed by atoms with Crippen LogP contribution in [0.4, 0.5) is 19.0 Å². The van der Waals surface area contributed by atoms with Gasteiger partial charge in [-0.15, -0.1) is 13.2 Å². The first-order chi connectivity index (χ1) is 19.0. The molecule has 15 heteroatoms. The molecule has 5 N–H and O–H groups in total. The highest BCUT2D eigenvalue weighted by Gasteiger charge is 2.36. The number of aliphatic hydroxyl groups is 2. The molecule has 3 heterocycles. The van der Waals surface area contributed by atoms with Crippen LogP contribution in [0.1, 0.15) is 31.3 Å². The Morgan fingerprint density at radius 2 is 2.00 bits per heavy atom. The molecular weight excluding hydrogens is 533 g/mol. The smallest absolute Gasteiger partial charge is 0.406 e. The number of fused-ring (bicyclic) bond motifs is 2. The van der Waals surface area contributed by atoms with Crippen LogP contribution in [0.3, 0.4) is 0 Å². The lowest BCUT2D eigenvalue weighted by Gasteiger charge is -2.43. The van der Waals surface area contributed by atoms with E-state index in [1.807, 2.05) is 7.05 Å². The predicted octanol–water partition coefficient (Wildman–Crippen LogP) is 2.39. The number of aliphatic hydroxyl groups excluding tert-OH is 2. The Hall–Kier alpha value is -3.53. The van der Waals surface area contributed by atoms with Crippen molar-refractivity contribution in [2.45, 2.75) is 56.5 Å². The van der Waals surface area contributed by atoms with Crippen molar-refractivity contribution in [1.82, 2.24) is 34.4 Å². The Labute approximate surface area is 227 Å². The minimum absolute atomic E-state index is 0.179. The first-order valence-electron chi connectivity index (χ1n) is 12.8. The molecular formula is C25H31F3N8O4. The highest BCUT2D eigenvalue weighted by atomic mass is 19.4. The number of hydrogen-bond acceptors (Lipinski definition) is 10. The lowest BCUT2D eigenvalue weighted by atomic mass is 9.76. The van der Waals surface area contributed by atoms with Crippen LogP contribution in [0.5, 0.6) is 5.75 Å². The molecule has 0 spiro atoms. The van der Waals surface area contributed by atoms with Crippen molar-refractivity contribution in [3.05, 3.63) is 36.7 Å². The van der Waals surface area contributed by atoms with Gasteiger partial charge in [-0.25, -0.2) is 19.9 Å². The molecule has 0 amide bonds. The van der Waals surface area contributed by atoms with Gasteiger partial charge in [-0.05, 0) is 44.4 Å². The van der Waals surface area contributed by atoms with Gasteiger partial charge in [0.2, 0.25) is 0 Å². The quantitative estimate of drug-likeness (QED) is 0.213. The number of methoxy groups -OCH3 is 1. The fourth-order valence-electron chi connectivity index (χ4n) is 5.17. The molecule has 4 aromatic rings. The number of alkyl halides is 3. The van der Waals surface area contributed by atoms with Crippen molar-refractivity contribution in [2.75, 3.05) is 26.4 Å². The molecule has 3 aromatic heterocycles. The number of aromatic amines is 1. The lowest BCUT2D eigenvalue weighted by molar-refractivity contribution is -0.274. The number of imidazole rings is 2. The average molecular weight is 565 g/mol. The molecule has 0 saturated heterocycles. The number of aromatic nitrogens is 6. The van der Waals surface area contributed by atoms with E-state index in [0.717, 1.165) is 19.3 Å². The third-order valence-electron chi connectivity index (χ3n) is 7.49. The van der Waals surface area contributed by atoms with Gasteiger partial charge in [0.15, 0.2) is 17.7 Å². The number of nitrogens with two attached hydrogens (primary N) is 1. The molecule has 1 fully saturated rings. The van der Waals surface area contributed by atoms with Crippen LogP contribution in [0.25, 0.3) is 22.2 Å². The molecule has 0 aliphatic heterocycles. The molecule has 40 heavy (non-hydrogen) atoms. The highest BCUT2D eigenvalue weighted by molar-refractivity contribution is 5.81. The average Bonchev–Trinajstić information content (AvgIpc) is 3.49. The molecule has 3 atom stereocenters. The number of halogens is 3. The van der Waals surface area contributed by atoms with Crippen molar-refractivity contribution in [2.24, 2.45) is 5.92 Å². The maximum absolute atomic E-state index is 12.5. The van der Waals surface area contributed by atoms with Crippen LogP contribution in [-0.4, -0.2) is 89.9 Å². The van der Waals surface area contributed by atoms with Crippen molar-refractivity contribution >= 4 is 28.0 Å². The predicted molar refractivity (Wildman–Crippen MR) is 138 cm³/mol. The summed E-state index contributed by atoms with van der Waals surface area (Å²) in [4.78, 5) is 21.8. The molecule has 1 aliphatic carbocycles. The van der Waals surface area contributed by atoms with Gasteiger partial charge in [-0.1, -0.05) is 0 Å². The number of nitrogens with zero attached hydrogens (tertiary/aromatic N) is 6. The molecule has 1 aliphatic rings. The van der Waals surface area contributed by atoms with Gasteiger partial charge in [-0.3, -0.25) is 4.57 Å². The van der Waals surface area contributed by atoms with Gasteiger partial charge in [0, 0.05) is 32.2 Å². The normalized spacial score (nSPS) is 20.1. The molecule has 0 bridgehead atoms. The number of nitrogen functional groups attached to an aromatic ring is 1. The number of hydrogen-bond donors (Lipinski definition) is 4. The van der Waals surface area contributed by atoms with E-state index in [9.17, 15) is 23.4 Å². The maximum Gasteiger partial charge on any atom is 0.573 e. The Kier molecular flexibility index (Phi) is 7.81. The van der Waals surface area contributed by atoms with E-state index in [-0.39, 0.29) is 17.6 Å². The van der Waals surface area contributed by atoms with E-state index in [2.05, 4.69) is 34.6 Å². The summed E-state index contributed by atoms with van der Waals surface area (Å²) in [5, 5.41) is 21.7. The second kappa shape index (κ2) is 11.2. The Morgan fingerprint density at radius 3 is 2.73 bits per heavy atom. The molecule has 0 radical (unpaired) electrons. The summed E-state index contributed by atoms with van der Waals surface area (Å²) < 4.78 is 48.3. The summed E-state index contributed by atoms with van der Waals surface area (Å²) in [6.45, 7) is 0.391. The number of nitrogens with one attached hydrogen (secondary N) is 1. The first-order valence-corrected chi connectivity index (χ1v) is 12.8. The minimum Gasteiger partial charge on any atom is -0.406 e. The third kappa shape index (κ3) is 5.96. The lowest BCUT2D eigenvalue weighted by Crippen LogP contribution is -2.49. The van der Waals surface area contributed by atoms with E-state index in [0.29, 0.717) is 46.9 Å². The van der Waals surface area contributed by atoms with Crippen LogP contribution in [0.15, 0.2) is 30.9 Å². The molecule has 1 aromatic carbocycles. The third-order valence-corrected chi connectivity index (χ3v) is 7.49. The molecule has 12 nitrogen and oxygen atoms in total. The Balaban J connectivity index is 1.11. The summed E-state index contributed by atoms with van der Waals surface area (Å²) in [7, 11) is 3.43. The van der Waals surface area contributed by atoms with Crippen molar-refractivity contribution in [1.29, 1.82) is 0 Å². The Morgan fingerprint density at radius 1 is 1.23 bits per heavy atom. The summed E-state index contributed by atoms with van der Waals surface area (Å²) >= 11 is 0. The van der Waals surface area contributed by atoms with E-state index in [4.69, 9.17) is 10.5 Å². The standard InChI is InChI=1S/C25H31F3N8O4/c1-35(10-18(39-2)21(37)24(38)36-12-32-20-22(29)30-11-31-23(20)36)14-7-13(8-14)3-6-19-33-16-5-4-15(9-17(16)34-19)40-25(26,27)28/h4-5,9,11-14,18,21,24,37-38H,3,6-8,10H2,1-2H3,(H,33,34)(H2,29,30,31)/t13?,14?,18-,21-,24-/m1/s1. The first kappa shape index (κ1) is 28.0. The number of ether oxygens (including phenoxy) is 2. The maximum atomic E-state index is 12.5. The van der Waals surface area contributed by atoms with Crippen molar-refractivity contribution in [3.63, 3.8) is 0 Å². The number of aryl methyl sites for hydroxylation is 1. The summed E-state index contributed by atoms with van der Waals surface area (Å²) in [6, 6.07) is 4.33. The second-order valence-corrected chi connectivity index (χ2v) is 10.1. The highest BCUT2D eigenvalue weighted by Crippen LogP contribution is 2.35. The summed E-state index contributed by atoms with van der Waals surface area (Å²) in [5.41, 5.74) is 7.54. The summed E-state index contributed by atoms with van der Waals surface area (Å²) in [6.07, 6.45) is -1.99. The van der Waals surface area contributed by atoms with E-state index >= 15 is 0 Å². The van der Waals surface area contributed by atoms with Gasteiger partial charge in [-0.2, -0.15) is 0 Å². The van der Waals surface area contributed by atoms with Crippen LogP contribution < -0.4 is 10.5 Å². The van der Waals surface area contributed by atoms with E-state index in [1.54, 1.807) is 0 Å². The van der Waals surface area contributed by atoms with Crippen LogP contribution in [0.2, 0.25) is 0 Å². The van der Waals surface area contributed by atoms with E-state index in [1.165, 1.54) is 42.5 Å². The fraction of sp³-hybridized carbons (Fsp3) is 0.520. The largest absolute Gasteiger partial charge is 0.573 e. The number of anilines is 1. The van der Waals surface area contributed by atoms with Gasteiger partial charge in [0.05, 0.1) is 17.4 Å². The zero-order valence-electron chi connectivity index (χ0n) is 21.9. The molecule has 5 rings (SSSR count). The van der Waals surface area contributed by atoms with Crippen molar-refractivity contribution in [3.8, 4) is 5.75 Å². The van der Waals surface area contributed by atoms with Crippen LogP contribution >= 0.6 is 0 Å². The second-order valence-electron chi connectivity index (χ2n) is 10.1. The molecule has 0 unspecified atom stereocenters. The Bertz CT molecular complexity index is 1460. The monoisotopic (exact) mass is 564 g/mol. The van der Waals surface area contributed by atoms with Gasteiger partial charge in [0.1, 0.15) is 35.6 Å².